The Morgan fingerprint density at radius 3 is 2.48 bits per heavy atom. The largest absolute Gasteiger partial charge is 0.356 e. The molecule has 1 aliphatic rings. The second kappa shape index (κ2) is 8.51. The maximum absolute atomic E-state index is 12.7. The van der Waals surface area contributed by atoms with E-state index in [9.17, 15) is 9.59 Å². The number of pyridine rings is 1. The molecule has 3 heterocycles. The second-order valence-electron chi connectivity index (χ2n) is 7.41. The quantitative estimate of drug-likeness (QED) is 0.699. The van der Waals surface area contributed by atoms with Gasteiger partial charge < -0.3 is 10.2 Å². The Morgan fingerprint density at radius 1 is 1.03 bits per heavy atom. The van der Waals surface area contributed by atoms with Crippen LogP contribution in [0.5, 0.6) is 0 Å². The van der Waals surface area contributed by atoms with Gasteiger partial charge in [0.1, 0.15) is 12.4 Å². The molecule has 1 amide bonds. The first-order chi connectivity index (χ1) is 14.2. The fourth-order valence-electron chi connectivity index (χ4n) is 4.08. The van der Waals surface area contributed by atoms with Crippen molar-refractivity contribution in [2.24, 2.45) is 0 Å². The average Bonchev–Trinajstić information content (AvgIpc) is 3.04. The molecule has 2 aromatic heterocycles. The van der Waals surface area contributed by atoms with Crippen LogP contribution in [0.4, 0.5) is 5.82 Å². The van der Waals surface area contributed by atoms with Gasteiger partial charge in [-0.2, -0.15) is 0 Å². The van der Waals surface area contributed by atoms with E-state index >= 15 is 0 Å². The van der Waals surface area contributed by atoms with E-state index in [1.54, 1.807) is 15.3 Å². The van der Waals surface area contributed by atoms with Gasteiger partial charge in [-0.3, -0.25) is 13.9 Å². The van der Waals surface area contributed by atoms with Gasteiger partial charge in [-0.25, -0.2) is 9.78 Å². The molecule has 0 aliphatic carbocycles. The minimum Gasteiger partial charge on any atom is -0.356 e. The molecule has 0 atom stereocenters. The van der Waals surface area contributed by atoms with Crippen LogP contribution >= 0.6 is 0 Å². The highest BCUT2D eigenvalue weighted by Gasteiger charge is 2.17. The molecule has 1 fully saturated rings. The zero-order valence-corrected chi connectivity index (χ0v) is 16.8. The number of imidazole rings is 1. The number of carbonyl (C=O) groups is 1. The number of anilines is 1. The Kier molecular flexibility index (Phi) is 5.64. The predicted molar refractivity (Wildman–Crippen MR) is 114 cm³/mol. The number of amides is 1. The van der Waals surface area contributed by atoms with E-state index in [1.165, 1.54) is 19.3 Å². The highest BCUT2D eigenvalue weighted by molar-refractivity contribution is 5.81. The SMILES string of the molecule is CCn1c(=O)n(CC(=O)NCc2cccnc2N2CCCCC2)c2ccccc21. The Hall–Kier alpha value is -3.09. The summed E-state index contributed by atoms with van der Waals surface area (Å²) in [6.07, 6.45) is 5.41. The van der Waals surface area contributed by atoms with Crippen LogP contribution in [0, 0.1) is 0 Å². The number of para-hydroxylation sites is 2. The van der Waals surface area contributed by atoms with Crippen LogP contribution in [0.2, 0.25) is 0 Å². The van der Waals surface area contributed by atoms with Gasteiger partial charge in [0.15, 0.2) is 0 Å². The molecule has 1 saturated heterocycles. The maximum atomic E-state index is 12.7. The highest BCUT2D eigenvalue weighted by atomic mass is 16.2. The third-order valence-electron chi connectivity index (χ3n) is 5.54. The summed E-state index contributed by atoms with van der Waals surface area (Å²) >= 11 is 0. The molecule has 1 aromatic carbocycles. The number of benzene rings is 1. The summed E-state index contributed by atoms with van der Waals surface area (Å²) in [6, 6.07) is 11.5. The molecular formula is C22H27N5O2. The molecule has 0 spiro atoms. The zero-order chi connectivity index (χ0) is 20.2. The van der Waals surface area contributed by atoms with E-state index in [0.29, 0.717) is 13.1 Å². The summed E-state index contributed by atoms with van der Waals surface area (Å²) in [5, 5.41) is 2.97. The smallest absolute Gasteiger partial charge is 0.329 e. The van der Waals surface area contributed by atoms with Crippen molar-refractivity contribution in [3.8, 4) is 0 Å². The lowest BCUT2D eigenvalue weighted by Crippen LogP contribution is -2.34. The normalized spacial score (nSPS) is 14.3. The lowest BCUT2D eigenvalue weighted by Gasteiger charge is -2.29. The lowest BCUT2D eigenvalue weighted by atomic mass is 10.1. The molecule has 152 valence electrons. The number of aromatic nitrogens is 3. The van der Waals surface area contributed by atoms with Gasteiger partial charge >= 0.3 is 5.69 Å². The number of hydrogen-bond donors (Lipinski definition) is 1. The van der Waals surface area contributed by atoms with Crippen molar-refractivity contribution in [1.82, 2.24) is 19.4 Å². The lowest BCUT2D eigenvalue weighted by molar-refractivity contribution is -0.121. The van der Waals surface area contributed by atoms with Crippen molar-refractivity contribution in [3.63, 3.8) is 0 Å². The number of piperidine rings is 1. The number of hydrogen-bond acceptors (Lipinski definition) is 4. The van der Waals surface area contributed by atoms with Gasteiger partial charge in [-0.15, -0.1) is 0 Å². The zero-order valence-electron chi connectivity index (χ0n) is 16.8. The van der Waals surface area contributed by atoms with Crippen LogP contribution in [-0.2, 0) is 24.4 Å². The summed E-state index contributed by atoms with van der Waals surface area (Å²) in [6.45, 7) is 4.92. The summed E-state index contributed by atoms with van der Waals surface area (Å²) in [5.74, 6) is 0.770. The Balaban J connectivity index is 1.49. The van der Waals surface area contributed by atoms with Crippen LogP contribution in [0.3, 0.4) is 0 Å². The number of nitrogens with one attached hydrogen (secondary N) is 1. The second-order valence-corrected chi connectivity index (χ2v) is 7.41. The minimum atomic E-state index is -0.181. The monoisotopic (exact) mass is 393 g/mol. The van der Waals surface area contributed by atoms with Crippen LogP contribution < -0.4 is 15.9 Å². The topological polar surface area (TPSA) is 72.2 Å². The number of nitrogens with zero attached hydrogens (tertiary/aromatic N) is 4. The molecule has 0 bridgehead atoms. The number of fused-ring (bicyclic) bond motifs is 1. The molecule has 7 heteroatoms. The fourth-order valence-corrected chi connectivity index (χ4v) is 4.08. The van der Waals surface area contributed by atoms with Gasteiger partial charge in [0, 0.05) is 37.9 Å². The number of rotatable bonds is 6. The molecule has 29 heavy (non-hydrogen) atoms. The molecule has 3 aromatic rings. The first kappa shape index (κ1) is 19.2. The molecule has 0 saturated carbocycles. The van der Waals surface area contributed by atoms with Gasteiger partial charge in [-0.1, -0.05) is 18.2 Å². The van der Waals surface area contributed by atoms with Crippen LogP contribution in [0.1, 0.15) is 31.7 Å². The molecule has 0 radical (unpaired) electrons. The molecule has 0 unspecified atom stereocenters. The van der Waals surface area contributed by atoms with E-state index in [0.717, 1.165) is 35.5 Å². The van der Waals surface area contributed by atoms with Crippen molar-refractivity contribution in [2.45, 2.75) is 45.8 Å². The van der Waals surface area contributed by atoms with Crippen LogP contribution in [-0.4, -0.2) is 33.1 Å². The van der Waals surface area contributed by atoms with Gasteiger partial charge in [0.05, 0.1) is 11.0 Å². The summed E-state index contributed by atoms with van der Waals surface area (Å²) < 4.78 is 3.24. The van der Waals surface area contributed by atoms with E-state index in [1.807, 2.05) is 43.3 Å². The van der Waals surface area contributed by atoms with E-state index in [4.69, 9.17) is 0 Å². The summed E-state index contributed by atoms with van der Waals surface area (Å²) in [7, 11) is 0. The van der Waals surface area contributed by atoms with Crippen LogP contribution in [0.25, 0.3) is 11.0 Å². The van der Waals surface area contributed by atoms with Gasteiger partial charge in [0.25, 0.3) is 0 Å². The molecular weight excluding hydrogens is 366 g/mol. The van der Waals surface area contributed by atoms with Crippen LogP contribution in [0.15, 0.2) is 47.4 Å². The third-order valence-corrected chi connectivity index (χ3v) is 5.54. The minimum absolute atomic E-state index is 0.00561. The fraction of sp³-hybridized carbons (Fsp3) is 0.409. The highest BCUT2D eigenvalue weighted by Crippen LogP contribution is 2.21. The maximum Gasteiger partial charge on any atom is 0.329 e. The van der Waals surface area contributed by atoms with E-state index in [2.05, 4.69) is 15.2 Å². The molecule has 1 aliphatic heterocycles. The van der Waals surface area contributed by atoms with Crippen molar-refractivity contribution >= 4 is 22.8 Å². The van der Waals surface area contributed by atoms with Crippen molar-refractivity contribution in [1.29, 1.82) is 0 Å². The average molecular weight is 393 g/mol. The standard InChI is InChI=1S/C22H27N5O2/c1-2-26-18-10-4-5-11-19(18)27(22(26)29)16-20(28)24-15-17-9-8-12-23-21(17)25-13-6-3-7-14-25/h4-5,8-12H,2-3,6-7,13-16H2,1H3,(H,24,28). The first-order valence-corrected chi connectivity index (χ1v) is 10.3. The van der Waals surface area contributed by atoms with Crippen molar-refractivity contribution < 1.29 is 4.79 Å². The molecule has 1 N–H and O–H groups in total. The Morgan fingerprint density at radius 2 is 1.76 bits per heavy atom. The molecule has 4 rings (SSSR count). The van der Waals surface area contributed by atoms with Gasteiger partial charge in [-0.05, 0) is 44.4 Å². The van der Waals surface area contributed by atoms with Gasteiger partial charge in [0.2, 0.25) is 5.91 Å². The van der Waals surface area contributed by atoms with E-state index in [-0.39, 0.29) is 18.1 Å². The number of aryl methyl sites for hydroxylation is 1. The Bertz CT molecular complexity index is 1060. The predicted octanol–water partition coefficient (Wildman–Crippen LogP) is 2.52. The number of carbonyl (C=O) groups excluding carboxylic acids is 1. The van der Waals surface area contributed by atoms with Crippen molar-refractivity contribution in [3.05, 3.63) is 58.6 Å². The Labute approximate surface area is 170 Å². The third kappa shape index (κ3) is 3.90. The summed E-state index contributed by atoms with van der Waals surface area (Å²) in [4.78, 5) is 32.2. The summed E-state index contributed by atoms with van der Waals surface area (Å²) in [5.41, 5.74) is 2.49. The first-order valence-electron chi connectivity index (χ1n) is 10.3. The van der Waals surface area contributed by atoms with E-state index < -0.39 is 0 Å². The van der Waals surface area contributed by atoms with Crippen molar-refractivity contribution in [2.75, 3.05) is 18.0 Å². The molecule has 7 nitrogen and oxygen atoms in total.